The molecule has 1 aliphatic heterocycles. The van der Waals surface area contributed by atoms with E-state index in [-0.39, 0.29) is 17.9 Å². The van der Waals surface area contributed by atoms with Crippen LogP contribution in [0.1, 0.15) is 95.8 Å². The molecule has 1 unspecified atom stereocenters. The van der Waals surface area contributed by atoms with Gasteiger partial charge in [0.1, 0.15) is 0 Å². The van der Waals surface area contributed by atoms with Crippen LogP contribution in [0.4, 0.5) is 0 Å². The van der Waals surface area contributed by atoms with Crippen LogP contribution in [0.15, 0.2) is 17.0 Å². The average molecular weight is 382 g/mol. The zero-order valence-corrected chi connectivity index (χ0v) is 18.1. The molecule has 0 saturated carbocycles. The Hall–Kier alpha value is -0.910. The Morgan fingerprint density at radius 2 is 1.54 bits per heavy atom. The lowest BCUT2D eigenvalue weighted by atomic mass is 9.89. The Balaban J connectivity index is 2.57. The molecule has 1 aromatic carbocycles. The zero-order chi connectivity index (χ0) is 19.8. The number of hydrogen-bond donors (Lipinski definition) is 1. The van der Waals surface area contributed by atoms with Crippen LogP contribution >= 0.6 is 0 Å². The van der Waals surface area contributed by atoms with E-state index in [1.165, 1.54) is 9.87 Å². The predicted octanol–water partition coefficient (Wildman–Crippen LogP) is 4.59. The van der Waals surface area contributed by atoms with Crippen molar-refractivity contribution >= 4 is 10.0 Å². The van der Waals surface area contributed by atoms with Gasteiger partial charge in [-0.15, -0.1) is 0 Å². The van der Waals surface area contributed by atoms with Gasteiger partial charge in [0.2, 0.25) is 10.0 Å². The molecule has 0 radical (unpaired) electrons. The summed E-state index contributed by atoms with van der Waals surface area (Å²) in [5, 5.41) is 10.2. The Bertz CT molecular complexity index is 709. The predicted molar refractivity (Wildman–Crippen MR) is 107 cm³/mol. The van der Waals surface area contributed by atoms with Crippen LogP contribution in [-0.4, -0.2) is 36.5 Å². The highest BCUT2D eigenvalue weighted by atomic mass is 32.2. The number of nitrogens with zero attached hydrogens (tertiary/aromatic N) is 1. The number of aliphatic hydroxyl groups excluding tert-OH is 1. The highest BCUT2D eigenvalue weighted by molar-refractivity contribution is 7.89. The molecule has 0 amide bonds. The Morgan fingerprint density at radius 1 is 1.04 bits per heavy atom. The molecule has 5 heteroatoms. The standard InChI is InChI=1S/C21H35NO3S/c1-8-9-20(23)19-12-22(19)26(24,25)21-17(14(4)5)10-16(13(2)3)11-18(21)15(6)7/h10-11,13-15,19-20,23H,8-9,12H2,1-7H3/t19-,20-,22?/m0/s1. The minimum absolute atomic E-state index is 0.120. The van der Waals surface area contributed by atoms with Gasteiger partial charge in [-0.05, 0) is 40.9 Å². The molecule has 1 heterocycles. The highest BCUT2D eigenvalue weighted by Crippen LogP contribution is 2.40. The van der Waals surface area contributed by atoms with Crippen LogP contribution in [0.3, 0.4) is 0 Å². The van der Waals surface area contributed by atoms with Crippen molar-refractivity contribution in [2.75, 3.05) is 6.54 Å². The van der Waals surface area contributed by atoms with Crippen molar-refractivity contribution in [3.8, 4) is 0 Å². The number of sulfonamides is 1. The normalized spacial score (nSPS) is 21.7. The summed E-state index contributed by atoms with van der Waals surface area (Å²) in [5.74, 6) is 0.590. The lowest BCUT2D eigenvalue weighted by Gasteiger charge is -2.23. The lowest BCUT2D eigenvalue weighted by Crippen LogP contribution is -2.25. The fourth-order valence-corrected chi connectivity index (χ4v) is 5.79. The number of hydrogen-bond acceptors (Lipinski definition) is 3. The molecule has 0 aliphatic carbocycles. The maximum Gasteiger partial charge on any atom is 0.244 e. The van der Waals surface area contributed by atoms with E-state index in [1.807, 2.05) is 34.6 Å². The number of rotatable bonds is 8. The molecule has 1 N–H and O–H groups in total. The minimum Gasteiger partial charge on any atom is -0.391 e. The summed E-state index contributed by atoms with van der Waals surface area (Å²) in [6, 6.07) is 3.86. The van der Waals surface area contributed by atoms with E-state index in [9.17, 15) is 13.5 Å². The van der Waals surface area contributed by atoms with E-state index < -0.39 is 16.1 Å². The topological polar surface area (TPSA) is 57.4 Å². The monoisotopic (exact) mass is 381 g/mol. The molecule has 3 atom stereocenters. The molecule has 1 saturated heterocycles. The molecule has 0 spiro atoms. The van der Waals surface area contributed by atoms with Gasteiger partial charge < -0.3 is 5.11 Å². The quantitative estimate of drug-likeness (QED) is 0.670. The largest absolute Gasteiger partial charge is 0.391 e. The van der Waals surface area contributed by atoms with Crippen LogP contribution in [0.25, 0.3) is 0 Å². The van der Waals surface area contributed by atoms with E-state index in [0.717, 1.165) is 17.5 Å². The first kappa shape index (κ1) is 21.4. The fraction of sp³-hybridized carbons (Fsp3) is 0.714. The molecule has 0 bridgehead atoms. The van der Waals surface area contributed by atoms with E-state index in [0.29, 0.717) is 23.8 Å². The first-order chi connectivity index (χ1) is 12.0. The average Bonchev–Trinajstić information content (AvgIpc) is 3.35. The smallest absolute Gasteiger partial charge is 0.244 e. The van der Waals surface area contributed by atoms with Gasteiger partial charge in [0.05, 0.1) is 17.0 Å². The van der Waals surface area contributed by atoms with E-state index in [4.69, 9.17) is 0 Å². The van der Waals surface area contributed by atoms with Crippen LogP contribution in [0, 0.1) is 0 Å². The zero-order valence-electron chi connectivity index (χ0n) is 17.3. The summed E-state index contributed by atoms with van der Waals surface area (Å²) in [4.78, 5) is 0.470. The van der Waals surface area contributed by atoms with E-state index in [1.54, 1.807) is 0 Å². The van der Waals surface area contributed by atoms with Gasteiger partial charge >= 0.3 is 0 Å². The van der Waals surface area contributed by atoms with Gasteiger partial charge in [0.15, 0.2) is 0 Å². The van der Waals surface area contributed by atoms with Gasteiger partial charge in [0.25, 0.3) is 0 Å². The second-order valence-corrected chi connectivity index (χ2v) is 10.3. The highest BCUT2D eigenvalue weighted by Gasteiger charge is 2.49. The third kappa shape index (κ3) is 4.15. The van der Waals surface area contributed by atoms with Crippen LogP contribution in [0.5, 0.6) is 0 Å². The lowest BCUT2D eigenvalue weighted by molar-refractivity contribution is 0.154. The number of benzene rings is 1. The molecule has 26 heavy (non-hydrogen) atoms. The Labute approximate surface area is 159 Å². The summed E-state index contributed by atoms with van der Waals surface area (Å²) in [5.41, 5.74) is 2.98. The molecule has 1 aromatic rings. The fourth-order valence-electron chi connectivity index (χ4n) is 3.52. The maximum atomic E-state index is 13.5. The van der Waals surface area contributed by atoms with Crippen molar-refractivity contribution in [1.82, 2.24) is 4.31 Å². The first-order valence-corrected chi connectivity index (χ1v) is 11.3. The summed E-state index contributed by atoms with van der Waals surface area (Å²) in [6.45, 7) is 14.9. The van der Waals surface area contributed by atoms with Crippen molar-refractivity contribution in [3.05, 3.63) is 28.8 Å². The first-order valence-electron chi connectivity index (χ1n) is 9.89. The van der Waals surface area contributed by atoms with Gasteiger partial charge in [-0.25, -0.2) is 8.42 Å². The molecule has 1 aliphatic rings. The third-order valence-electron chi connectivity index (χ3n) is 5.28. The Morgan fingerprint density at radius 3 is 1.92 bits per heavy atom. The maximum absolute atomic E-state index is 13.5. The van der Waals surface area contributed by atoms with Crippen LogP contribution in [-0.2, 0) is 10.0 Å². The van der Waals surface area contributed by atoms with Gasteiger partial charge in [0, 0.05) is 6.54 Å². The molecule has 148 valence electrons. The summed E-state index contributed by atoms with van der Waals surface area (Å²) in [7, 11) is -3.60. The van der Waals surface area contributed by atoms with Gasteiger partial charge in [-0.1, -0.05) is 67.0 Å². The SMILES string of the molecule is CCC[C@H](O)[C@@H]1CN1S(=O)(=O)c1c(C(C)C)cc(C(C)C)cc1C(C)C. The van der Waals surface area contributed by atoms with Crippen molar-refractivity contribution in [1.29, 1.82) is 0 Å². The minimum atomic E-state index is -3.60. The molecule has 4 nitrogen and oxygen atoms in total. The van der Waals surface area contributed by atoms with Crippen molar-refractivity contribution in [3.63, 3.8) is 0 Å². The van der Waals surface area contributed by atoms with Crippen LogP contribution < -0.4 is 0 Å². The third-order valence-corrected chi connectivity index (χ3v) is 7.30. The van der Waals surface area contributed by atoms with E-state index >= 15 is 0 Å². The molecule has 1 fully saturated rings. The summed E-state index contributed by atoms with van der Waals surface area (Å²) in [6.07, 6.45) is 0.912. The summed E-state index contributed by atoms with van der Waals surface area (Å²) >= 11 is 0. The number of aliphatic hydroxyl groups is 1. The van der Waals surface area contributed by atoms with Crippen LogP contribution in [0.2, 0.25) is 0 Å². The van der Waals surface area contributed by atoms with Crippen molar-refractivity contribution < 1.29 is 13.5 Å². The molecule has 0 aromatic heterocycles. The Kier molecular flexibility index (Phi) is 6.57. The molecular formula is C21H35NO3S. The molecular weight excluding hydrogens is 346 g/mol. The van der Waals surface area contributed by atoms with Gasteiger partial charge in [-0.2, -0.15) is 4.31 Å². The second kappa shape index (κ2) is 7.99. The van der Waals surface area contributed by atoms with Crippen molar-refractivity contribution in [2.24, 2.45) is 0 Å². The second-order valence-electron chi connectivity index (χ2n) is 8.49. The van der Waals surface area contributed by atoms with E-state index in [2.05, 4.69) is 26.0 Å². The molecule has 2 rings (SSSR count). The summed E-state index contributed by atoms with van der Waals surface area (Å²) < 4.78 is 28.4. The van der Waals surface area contributed by atoms with Crippen molar-refractivity contribution in [2.45, 2.75) is 96.1 Å². The van der Waals surface area contributed by atoms with Gasteiger partial charge in [-0.3, -0.25) is 0 Å².